The molecule has 9 heteroatoms. The van der Waals surface area contributed by atoms with E-state index in [0.29, 0.717) is 10.9 Å². The van der Waals surface area contributed by atoms with Gasteiger partial charge in [-0.3, -0.25) is 9.59 Å². The summed E-state index contributed by atoms with van der Waals surface area (Å²) >= 11 is 5.98. The SMILES string of the molecule is CC(=O)c1cccc(S(=O)(=O)n2ncc3ccc(CC(=O)c4c(F)cccc4Cl)cc32)c1. The molecule has 0 saturated heterocycles. The van der Waals surface area contributed by atoms with Gasteiger partial charge >= 0.3 is 0 Å². The Morgan fingerprint density at radius 1 is 1.06 bits per heavy atom. The van der Waals surface area contributed by atoms with Crippen LogP contribution >= 0.6 is 11.6 Å². The molecule has 0 N–H and O–H groups in total. The number of benzene rings is 3. The van der Waals surface area contributed by atoms with Crippen LogP contribution < -0.4 is 0 Å². The van der Waals surface area contributed by atoms with Gasteiger partial charge in [-0.05, 0) is 42.8 Å². The molecule has 0 amide bonds. The highest BCUT2D eigenvalue weighted by atomic mass is 35.5. The van der Waals surface area contributed by atoms with Gasteiger partial charge < -0.3 is 0 Å². The Bertz CT molecular complexity index is 1470. The van der Waals surface area contributed by atoms with Crippen LogP contribution in [0.2, 0.25) is 5.02 Å². The average molecular weight is 471 g/mol. The third-order valence-corrected chi connectivity index (χ3v) is 6.89. The Hall–Kier alpha value is -3.36. The number of carbonyl (C=O) groups is 2. The normalized spacial score (nSPS) is 11.6. The van der Waals surface area contributed by atoms with E-state index in [1.54, 1.807) is 12.1 Å². The first kappa shape index (κ1) is 21.9. The van der Waals surface area contributed by atoms with Crippen LogP contribution in [0.15, 0.2) is 71.8 Å². The smallest absolute Gasteiger partial charge is 0.283 e. The molecule has 3 aromatic carbocycles. The van der Waals surface area contributed by atoms with Crippen molar-refractivity contribution in [1.82, 2.24) is 9.19 Å². The van der Waals surface area contributed by atoms with Crippen molar-refractivity contribution in [2.24, 2.45) is 0 Å². The van der Waals surface area contributed by atoms with Crippen LogP contribution in [0, 0.1) is 5.82 Å². The van der Waals surface area contributed by atoms with Crippen molar-refractivity contribution < 1.29 is 22.4 Å². The van der Waals surface area contributed by atoms with Gasteiger partial charge in [-0.25, -0.2) is 4.39 Å². The number of hydrogen-bond acceptors (Lipinski definition) is 5. The fraction of sp³-hybridized carbons (Fsp3) is 0.0870. The number of ketones is 2. The average Bonchev–Trinajstić information content (AvgIpc) is 3.18. The third kappa shape index (κ3) is 3.94. The Balaban J connectivity index is 1.74. The highest BCUT2D eigenvalue weighted by molar-refractivity contribution is 7.90. The van der Waals surface area contributed by atoms with E-state index in [4.69, 9.17) is 11.6 Å². The second kappa shape index (κ2) is 8.29. The molecule has 0 aliphatic carbocycles. The molecule has 4 aromatic rings. The van der Waals surface area contributed by atoms with Crippen molar-refractivity contribution >= 4 is 44.1 Å². The van der Waals surface area contributed by atoms with Crippen LogP contribution in [0.5, 0.6) is 0 Å². The summed E-state index contributed by atoms with van der Waals surface area (Å²) in [6.07, 6.45) is 1.21. The Kier molecular flexibility index (Phi) is 5.66. The summed E-state index contributed by atoms with van der Waals surface area (Å²) in [5.74, 6) is -1.52. The van der Waals surface area contributed by atoms with Crippen LogP contribution in [0.3, 0.4) is 0 Å². The van der Waals surface area contributed by atoms with Gasteiger partial charge in [-0.2, -0.15) is 17.6 Å². The van der Waals surface area contributed by atoms with Crippen molar-refractivity contribution in [3.05, 3.63) is 94.4 Å². The van der Waals surface area contributed by atoms with Gasteiger partial charge in [0.1, 0.15) is 5.82 Å². The lowest BCUT2D eigenvalue weighted by Crippen LogP contribution is -2.15. The molecule has 0 bridgehead atoms. The molecule has 0 spiro atoms. The van der Waals surface area contributed by atoms with Gasteiger partial charge in [-0.1, -0.05) is 41.9 Å². The molecule has 1 aromatic heterocycles. The van der Waals surface area contributed by atoms with Gasteiger partial charge in [0, 0.05) is 17.4 Å². The number of aromatic nitrogens is 2. The van der Waals surface area contributed by atoms with Crippen molar-refractivity contribution in [3.8, 4) is 0 Å². The third-order valence-electron chi connectivity index (χ3n) is 4.98. The molecule has 0 aliphatic rings. The molecule has 0 aliphatic heterocycles. The molecular weight excluding hydrogens is 455 g/mol. The molecule has 0 atom stereocenters. The highest BCUT2D eigenvalue weighted by Gasteiger charge is 2.22. The molecule has 0 saturated carbocycles. The largest absolute Gasteiger partial charge is 0.295 e. The molecule has 0 fully saturated rings. The Morgan fingerprint density at radius 2 is 1.81 bits per heavy atom. The minimum Gasteiger partial charge on any atom is -0.295 e. The summed E-state index contributed by atoms with van der Waals surface area (Å²) in [6.45, 7) is 1.35. The van der Waals surface area contributed by atoms with E-state index < -0.39 is 21.6 Å². The molecule has 1 heterocycles. The topological polar surface area (TPSA) is 86.1 Å². The van der Waals surface area contributed by atoms with E-state index in [1.807, 2.05) is 0 Å². The van der Waals surface area contributed by atoms with E-state index in [9.17, 15) is 22.4 Å². The molecular formula is C23H16ClFN2O4S. The first-order valence-electron chi connectivity index (χ1n) is 9.49. The molecule has 0 radical (unpaired) electrons. The summed E-state index contributed by atoms with van der Waals surface area (Å²) in [5.41, 5.74) is 0.770. The summed E-state index contributed by atoms with van der Waals surface area (Å²) in [5, 5.41) is 4.55. The lowest BCUT2D eigenvalue weighted by molar-refractivity contribution is 0.0986. The van der Waals surface area contributed by atoms with Gasteiger partial charge in [0.2, 0.25) is 0 Å². The molecule has 32 heavy (non-hydrogen) atoms. The quantitative estimate of drug-likeness (QED) is 0.381. The first-order valence-corrected chi connectivity index (χ1v) is 11.3. The van der Waals surface area contributed by atoms with E-state index in [-0.39, 0.29) is 38.8 Å². The zero-order valence-electron chi connectivity index (χ0n) is 16.7. The minimum atomic E-state index is -4.10. The van der Waals surface area contributed by atoms with Crippen LogP contribution in [-0.2, 0) is 16.4 Å². The van der Waals surface area contributed by atoms with Gasteiger partial charge in [0.25, 0.3) is 10.0 Å². The zero-order valence-corrected chi connectivity index (χ0v) is 18.3. The maximum atomic E-state index is 14.1. The van der Waals surface area contributed by atoms with E-state index >= 15 is 0 Å². The molecule has 0 unspecified atom stereocenters. The molecule has 6 nitrogen and oxygen atoms in total. The summed E-state index contributed by atoms with van der Waals surface area (Å²) < 4.78 is 41.3. The van der Waals surface area contributed by atoms with Gasteiger partial charge in [-0.15, -0.1) is 0 Å². The summed E-state index contributed by atoms with van der Waals surface area (Å²) in [4.78, 5) is 24.2. The standard InChI is InChI=1S/C23H16ClFN2O4S/c1-14(28)16-4-2-5-18(12-16)32(30,31)27-21-10-15(8-9-17(21)13-26-27)11-22(29)23-19(24)6-3-7-20(23)25/h2-10,12-13H,11H2,1H3. The number of rotatable bonds is 6. The Labute approximate surface area is 188 Å². The number of nitrogens with zero attached hydrogens (tertiary/aromatic N) is 2. The van der Waals surface area contributed by atoms with Crippen molar-refractivity contribution in [2.75, 3.05) is 0 Å². The van der Waals surface area contributed by atoms with Crippen LogP contribution in [0.25, 0.3) is 10.9 Å². The monoisotopic (exact) mass is 470 g/mol. The molecule has 162 valence electrons. The second-order valence-corrected chi connectivity index (χ2v) is 9.34. The fourth-order valence-electron chi connectivity index (χ4n) is 3.36. The van der Waals surface area contributed by atoms with Crippen molar-refractivity contribution in [2.45, 2.75) is 18.2 Å². The van der Waals surface area contributed by atoms with Crippen LogP contribution in [0.4, 0.5) is 4.39 Å². The Morgan fingerprint density at radius 3 is 2.53 bits per heavy atom. The number of carbonyl (C=O) groups excluding carboxylic acids is 2. The summed E-state index contributed by atoms with van der Waals surface area (Å²) in [7, 11) is -4.10. The number of fused-ring (bicyclic) bond motifs is 1. The number of halogens is 2. The second-order valence-electron chi connectivity index (χ2n) is 7.17. The van der Waals surface area contributed by atoms with Crippen molar-refractivity contribution in [3.63, 3.8) is 0 Å². The van der Waals surface area contributed by atoms with Crippen LogP contribution in [0.1, 0.15) is 33.2 Å². The minimum absolute atomic E-state index is 0.00838. The number of hydrogen-bond donors (Lipinski definition) is 0. The maximum absolute atomic E-state index is 14.1. The number of Topliss-reactive ketones (excluding diaryl/α,β-unsaturated/α-hetero) is 2. The summed E-state index contributed by atoms with van der Waals surface area (Å²) in [6, 6.07) is 14.5. The lowest BCUT2D eigenvalue weighted by atomic mass is 10.0. The van der Waals surface area contributed by atoms with E-state index in [1.165, 1.54) is 55.6 Å². The first-order chi connectivity index (χ1) is 15.2. The lowest BCUT2D eigenvalue weighted by Gasteiger charge is -2.09. The maximum Gasteiger partial charge on any atom is 0.283 e. The van der Waals surface area contributed by atoms with E-state index in [0.717, 1.165) is 10.2 Å². The van der Waals surface area contributed by atoms with Gasteiger partial charge in [0.05, 0.1) is 27.2 Å². The predicted octanol–water partition coefficient (Wildman–Crippen LogP) is 4.69. The van der Waals surface area contributed by atoms with Crippen LogP contribution in [-0.4, -0.2) is 29.2 Å². The van der Waals surface area contributed by atoms with Crippen molar-refractivity contribution in [1.29, 1.82) is 0 Å². The highest BCUT2D eigenvalue weighted by Crippen LogP contribution is 2.25. The van der Waals surface area contributed by atoms with E-state index in [2.05, 4.69) is 5.10 Å². The predicted molar refractivity (Wildman–Crippen MR) is 118 cm³/mol. The zero-order chi connectivity index (χ0) is 23.0. The molecule has 4 rings (SSSR count). The van der Waals surface area contributed by atoms with Gasteiger partial charge in [0.15, 0.2) is 11.6 Å². The fourth-order valence-corrected chi connectivity index (χ4v) is 4.94.